The summed E-state index contributed by atoms with van der Waals surface area (Å²) in [4.78, 5) is 23.7. The molecule has 2 atom stereocenters. The minimum absolute atomic E-state index is 0.119. The highest BCUT2D eigenvalue weighted by atomic mass is 19.1. The summed E-state index contributed by atoms with van der Waals surface area (Å²) in [7, 11) is 0. The third-order valence-corrected chi connectivity index (χ3v) is 3.88. The van der Waals surface area contributed by atoms with Crippen LogP contribution in [0.2, 0.25) is 0 Å². The molecule has 108 valence electrons. The lowest BCUT2D eigenvalue weighted by Crippen LogP contribution is -2.56. The molecule has 0 saturated heterocycles. The van der Waals surface area contributed by atoms with Crippen LogP contribution >= 0.6 is 0 Å². The number of carbonyl (C=O) groups excluding carboxylic acids is 1. The van der Waals surface area contributed by atoms with Crippen molar-refractivity contribution in [3.05, 3.63) is 35.6 Å². The Morgan fingerprint density at radius 1 is 1.40 bits per heavy atom. The first-order valence-corrected chi connectivity index (χ1v) is 6.75. The molecule has 1 aromatic carbocycles. The molecule has 2 rings (SSSR count). The molecule has 0 aliphatic heterocycles. The van der Waals surface area contributed by atoms with E-state index in [1.54, 1.807) is 6.07 Å². The highest BCUT2D eigenvalue weighted by molar-refractivity contribution is 5.98. The molecule has 2 unspecified atom stereocenters. The fourth-order valence-corrected chi connectivity index (χ4v) is 2.84. The first kappa shape index (κ1) is 14.5. The zero-order chi connectivity index (χ0) is 14.8. The second kappa shape index (κ2) is 5.61. The summed E-state index contributed by atoms with van der Waals surface area (Å²) in [6.07, 6.45) is 2.45. The summed E-state index contributed by atoms with van der Waals surface area (Å²) in [6.45, 7) is 1.96. The average molecular weight is 279 g/mol. The van der Waals surface area contributed by atoms with Crippen molar-refractivity contribution in [2.45, 2.75) is 38.1 Å². The quantitative estimate of drug-likeness (QED) is 0.893. The van der Waals surface area contributed by atoms with Crippen LogP contribution in [0, 0.1) is 11.7 Å². The van der Waals surface area contributed by atoms with Gasteiger partial charge in [0, 0.05) is 0 Å². The van der Waals surface area contributed by atoms with Crippen LogP contribution in [-0.2, 0) is 4.79 Å². The van der Waals surface area contributed by atoms with Gasteiger partial charge >= 0.3 is 5.97 Å². The lowest BCUT2D eigenvalue weighted by molar-refractivity contribution is -0.146. The summed E-state index contributed by atoms with van der Waals surface area (Å²) in [5.41, 5.74) is -1.40. The number of carbonyl (C=O) groups is 2. The number of hydrogen-bond acceptors (Lipinski definition) is 2. The Morgan fingerprint density at radius 2 is 2.10 bits per heavy atom. The fraction of sp³-hybridized carbons (Fsp3) is 0.467. The van der Waals surface area contributed by atoms with Crippen LogP contribution in [0.5, 0.6) is 0 Å². The van der Waals surface area contributed by atoms with E-state index < -0.39 is 23.2 Å². The molecule has 1 saturated carbocycles. The molecule has 0 heterocycles. The Kier molecular flexibility index (Phi) is 4.06. The monoisotopic (exact) mass is 279 g/mol. The van der Waals surface area contributed by atoms with E-state index >= 15 is 0 Å². The van der Waals surface area contributed by atoms with Gasteiger partial charge in [0.1, 0.15) is 11.4 Å². The van der Waals surface area contributed by atoms with E-state index in [4.69, 9.17) is 0 Å². The second-order valence-corrected chi connectivity index (χ2v) is 5.52. The number of amides is 1. The zero-order valence-corrected chi connectivity index (χ0v) is 11.4. The van der Waals surface area contributed by atoms with Crippen molar-refractivity contribution in [1.29, 1.82) is 0 Å². The van der Waals surface area contributed by atoms with Crippen LogP contribution in [0.1, 0.15) is 43.0 Å². The predicted octanol–water partition coefficient (Wildman–Crippen LogP) is 2.59. The molecule has 1 aromatic rings. The summed E-state index contributed by atoms with van der Waals surface area (Å²) in [5.74, 6) is -2.14. The van der Waals surface area contributed by atoms with Crippen LogP contribution in [0.3, 0.4) is 0 Å². The van der Waals surface area contributed by atoms with E-state index in [0.717, 1.165) is 12.8 Å². The highest BCUT2D eigenvalue weighted by Crippen LogP contribution is 2.33. The lowest BCUT2D eigenvalue weighted by atomic mass is 9.76. The van der Waals surface area contributed by atoms with Crippen molar-refractivity contribution >= 4 is 11.9 Å². The first-order chi connectivity index (χ1) is 9.44. The molecule has 4 nitrogen and oxygen atoms in total. The first-order valence-electron chi connectivity index (χ1n) is 6.75. The fourth-order valence-electron chi connectivity index (χ4n) is 2.84. The van der Waals surface area contributed by atoms with Crippen molar-refractivity contribution < 1.29 is 19.1 Å². The summed E-state index contributed by atoms with van der Waals surface area (Å²) < 4.78 is 13.6. The number of nitrogens with one attached hydrogen (secondary N) is 1. The van der Waals surface area contributed by atoms with Gasteiger partial charge in [-0.15, -0.1) is 0 Å². The average Bonchev–Trinajstić information content (AvgIpc) is 2.38. The van der Waals surface area contributed by atoms with Crippen LogP contribution in [0.25, 0.3) is 0 Å². The molecular formula is C15H18FNO3. The zero-order valence-electron chi connectivity index (χ0n) is 11.4. The molecular weight excluding hydrogens is 261 g/mol. The molecule has 2 N–H and O–H groups in total. The number of carboxylic acids is 1. The van der Waals surface area contributed by atoms with Crippen molar-refractivity contribution in [3.8, 4) is 0 Å². The van der Waals surface area contributed by atoms with Crippen molar-refractivity contribution in [2.24, 2.45) is 5.92 Å². The molecule has 1 amide bonds. The highest BCUT2D eigenvalue weighted by Gasteiger charge is 2.43. The molecule has 1 fully saturated rings. The van der Waals surface area contributed by atoms with Crippen LogP contribution in [0.15, 0.2) is 24.3 Å². The molecule has 0 radical (unpaired) electrons. The van der Waals surface area contributed by atoms with Crippen LogP contribution in [-0.4, -0.2) is 22.5 Å². The third kappa shape index (κ3) is 2.81. The van der Waals surface area contributed by atoms with Gasteiger partial charge in [0.2, 0.25) is 0 Å². The van der Waals surface area contributed by atoms with Gasteiger partial charge in [0.05, 0.1) is 5.56 Å². The topological polar surface area (TPSA) is 66.4 Å². The Labute approximate surface area is 117 Å². The lowest BCUT2D eigenvalue weighted by Gasteiger charge is -2.37. The summed E-state index contributed by atoms with van der Waals surface area (Å²) in [6, 6.07) is 5.58. The van der Waals surface area contributed by atoms with E-state index in [0.29, 0.717) is 12.8 Å². The normalized spacial score (nSPS) is 26.0. The van der Waals surface area contributed by atoms with Gasteiger partial charge in [-0.3, -0.25) is 4.79 Å². The van der Waals surface area contributed by atoms with E-state index in [-0.39, 0.29) is 11.5 Å². The number of benzene rings is 1. The SMILES string of the molecule is CC1CCCC(NC(=O)c2ccccc2F)(C(=O)O)C1. The molecule has 5 heteroatoms. The van der Waals surface area contributed by atoms with E-state index in [2.05, 4.69) is 5.32 Å². The van der Waals surface area contributed by atoms with E-state index in [9.17, 15) is 19.1 Å². The number of rotatable bonds is 3. The van der Waals surface area contributed by atoms with Gasteiger partial charge in [0.15, 0.2) is 0 Å². The Hall–Kier alpha value is -1.91. The molecule has 20 heavy (non-hydrogen) atoms. The second-order valence-electron chi connectivity index (χ2n) is 5.52. The van der Waals surface area contributed by atoms with Gasteiger partial charge in [-0.2, -0.15) is 0 Å². The molecule has 1 aliphatic carbocycles. The van der Waals surface area contributed by atoms with Gasteiger partial charge in [-0.05, 0) is 30.9 Å². The number of halogens is 1. The van der Waals surface area contributed by atoms with Gasteiger partial charge < -0.3 is 10.4 Å². The van der Waals surface area contributed by atoms with Gasteiger partial charge in [-0.25, -0.2) is 9.18 Å². The van der Waals surface area contributed by atoms with E-state index in [1.165, 1.54) is 18.2 Å². The van der Waals surface area contributed by atoms with Crippen LogP contribution < -0.4 is 5.32 Å². The maximum Gasteiger partial charge on any atom is 0.329 e. The largest absolute Gasteiger partial charge is 0.480 e. The maximum atomic E-state index is 13.6. The Balaban J connectivity index is 2.23. The molecule has 0 aromatic heterocycles. The summed E-state index contributed by atoms with van der Waals surface area (Å²) in [5, 5.41) is 12.0. The van der Waals surface area contributed by atoms with Gasteiger partial charge in [0.25, 0.3) is 5.91 Å². The number of hydrogen-bond donors (Lipinski definition) is 2. The van der Waals surface area contributed by atoms with Crippen molar-refractivity contribution in [1.82, 2.24) is 5.32 Å². The molecule has 0 bridgehead atoms. The summed E-state index contributed by atoms with van der Waals surface area (Å²) >= 11 is 0. The van der Waals surface area contributed by atoms with E-state index in [1.807, 2.05) is 6.92 Å². The Morgan fingerprint density at radius 3 is 2.70 bits per heavy atom. The smallest absolute Gasteiger partial charge is 0.329 e. The minimum atomic E-state index is -1.28. The maximum absolute atomic E-state index is 13.6. The molecule has 1 aliphatic rings. The van der Waals surface area contributed by atoms with Gasteiger partial charge in [-0.1, -0.05) is 31.9 Å². The standard InChI is InChI=1S/C15H18FNO3/c1-10-5-4-8-15(9-10,14(19)20)17-13(18)11-6-2-3-7-12(11)16/h2-3,6-7,10H,4-5,8-9H2,1H3,(H,17,18)(H,19,20). The van der Waals surface area contributed by atoms with Crippen molar-refractivity contribution in [3.63, 3.8) is 0 Å². The number of carboxylic acid groups (broad SMARTS) is 1. The van der Waals surface area contributed by atoms with Crippen LogP contribution in [0.4, 0.5) is 4.39 Å². The molecule has 0 spiro atoms. The minimum Gasteiger partial charge on any atom is -0.480 e. The Bertz CT molecular complexity index is 532. The van der Waals surface area contributed by atoms with Crippen molar-refractivity contribution in [2.75, 3.05) is 0 Å². The number of aliphatic carboxylic acids is 1. The third-order valence-electron chi connectivity index (χ3n) is 3.88. The predicted molar refractivity (Wildman–Crippen MR) is 71.9 cm³/mol.